The van der Waals surface area contributed by atoms with Crippen molar-refractivity contribution < 1.29 is 14.3 Å². The second-order valence-corrected chi connectivity index (χ2v) is 9.62. The molecule has 9 heteroatoms. The average Bonchev–Trinajstić information content (AvgIpc) is 3.40. The van der Waals surface area contributed by atoms with Gasteiger partial charge in [-0.1, -0.05) is 30.3 Å². The van der Waals surface area contributed by atoms with E-state index in [1.54, 1.807) is 22.1 Å². The predicted octanol–water partition coefficient (Wildman–Crippen LogP) is 4.02. The number of nitrogens with one attached hydrogen (secondary N) is 1. The highest BCUT2D eigenvalue weighted by Gasteiger charge is 2.28. The maximum Gasteiger partial charge on any atom is 0.314 e. The topological polar surface area (TPSA) is 114 Å². The zero-order chi connectivity index (χ0) is 25.8. The largest absolute Gasteiger partial charge is 0.493 e. The summed E-state index contributed by atoms with van der Waals surface area (Å²) in [7, 11) is 0. The van der Waals surface area contributed by atoms with Crippen molar-refractivity contribution in [2.24, 2.45) is 11.7 Å². The molecule has 0 radical (unpaired) electrons. The van der Waals surface area contributed by atoms with Crippen molar-refractivity contribution >= 4 is 23.7 Å². The summed E-state index contributed by atoms with van der Waals surface area (Å²) in [5, 5.41) is 3.35. The minimum Gasteiger partial charge on any atom is -0.493 e. The van der Waals surface area contributed by atoms with Crippen LogP contribution in [0, 0.1) is 5.92 Å². The minimum atomic E-state index is -0.397. The van der Waals surface area contributed by atoms with Gasteiger partial charge in [0.15, 0.2) is 0 Å². The fourth-order valence-corrected chi connectivity index (χ4v) is 4.94. The van der Waals surface area contributed by atoms with E-state index in [2.05, 4.69) is 10.3 Å². The second-order valence-electron chi connectivity index (χ2n) is 9.62. The number of anilines is 2. The van der Waals surface area contributed by atoms with Crippen molar-refractivity contribution in [2.45, 2.75) is 32.2 Å². The van der Waals surface area contributed by atoms with E-state index in [0.717, 1.165) is 36.1 Å². The van der Waals surface area contributed by atoms with Crippen molar-refractivity contribution in [1.82, 2.24) is 14.9 Å². The first-order valence-electron chi connectivity index (χ1n) is 12.7. The quantitative estimate of drug-likeness (QED) is 0.507. The van der Waals surface area contributed by atoms with E-state index in [0.29, 0.717) is 43.6 Å². The van der Waals surface area contributed by atoms with Gasteiger partial charge in [-0.25, -0.2) is 9.78 Å². The number of ether oxygens (including phenoxy) is 1. The summed E-state index contributed by atoms with van der Waals surface area (Å²) in [6.45, 7) is 4.35. The number of likely N-dealkylation sites (tertiary alicyclic amines) is 1. The van der Waals surface area contributed by atoms with Gasteiger partial charge in [-0.15, -0.1) is 0 Å². The Labute approximate surface area is 216 Å². The monoisotopic (exact) mass is 500 g/mol. The number of fused-ring (bicyclic) bond motifs is 1. The van der Waals surface area contributed by atoms with E-state index in [1.807, 2.05) is 55.5 Å². The lowest BCUT2D eigenvalue weighted by Gasteiger charge is -2.34. The van der Waals surface area contributed by atoms with Gasteiger partial charge in [-0.05, 0) is 61.1 Å². The molecule has 0 unspecified atom stereocenters. The lowest BCUT2D eigenvalue weighted by molar-refractivity contribution is 0.0976. The molecule has 1 atom stereocenters. The van der Waals surface area contributed by atoms with Crippen LogP contribution < -0.4 is 20.7 Å². The van der Waals surface area contributed by atoms with Crippen molar-refractivity contribution in [1.29, 1.82) is 0 Å². The number of primary amides is 1. The molecule has 0 bridgehead atoms. The Balaban J connectivity index is 1.39. The SMILES string of the molecule is C[C@H](Nc1nccc(N(CC2CCN(C(N)=O)CC2)C(=O)c2ccc3c(c2)CCO3)n1)c1ccccc1. The first-order chi connectivity index (χ1) is 18.0. The molecule has 2 aromatic carbocycles. The van der Waals surface area contributed by atoms with Crippen LogP contribution in [-0.4, -0.2) is 53.0 Å². The second kappa shape index (κ2) is 10.9. The standard InChI is InChI=1S/C28H32N6O3/c1-19(21-5-3-2-4-6-21)31-28-30-13-9-25(32-28)34(18-20-10-14-33(15-11-20)27(29)36)26(35)23-7-8-24-22(17-23)12-16-37-24/h2-9,13,17,19-20H,10-12,14-16,18H2,1H3,(H2,29,36)(H,30,31,32)/t19-/m0/s1. The molecule has 5 rings (SSSR count). The molecule has 0 aliphatic carbocycles. The van der Waals surface area contributed by atoms with Crippen LogP contribution in [0.4, 0.5) is 16.6 Å². The van der Waals surface area contributed by atoms with Gasteiger partial charge in [0.2, 0.25) is 5.95 Å². The molecule has 3 N–H and O–H groups in total. The van der Waals surface area contributed by atoms with E-state index >= 15 is 0 Å². The Hall–Kier alpha value is -4.14. The first kappa shape index (κ1) is 24.5. The van der Waals surface area contributed by atoms with Crippen LogP contribution in [0.5, 0.6) is 5.75 Å². The maximum absolute atomic E-state index is 13.9. The number of carbonyl (C=O) groups is 2. The zero-order valence-corrected chi connectivity index (χ0v) is 21.0. The Morgan fingerprint density at radius 3 is 2.70 bits per heavy atom. The molecule has 0 spiro atoms. The fourth-order valence-electron chi connectivity index (χ4n) is 4.94. The predicted molar refractivity (Wildman–Crippen MR) is 142 cm³/mol. The summed E-state index contributed by atoms with van der Waals surface area (Å²) < 4.78 is 5.62. The molecule has 0 saturated carbocycles. The number of carbonyl (C=O) groups excluding carboxylic acids is 2. The molecule has 1 fully saturated rings. The Kier molecular flexibility index (Phi) is 7.20. The summed E-state index contributed by atoms with van der Waals surface area (Å²) in [5.74, 6) is 1.93. The van der Waals surface area contributed by atoms with Crippen LogP contribution >= 0.6 is 0 Å². The zero-order valence-electron chi connectivity index (χ0n) is 21.0. The normalized spacial score (nSPS) is 16.0. The number of rotatable bonds is 7. The number of nitrogens with zero attached hydrogens (tertiary/aromatic N) is 4. The van der Waals surface area contributed by atoms with Gasteiger partial charge in [-0.2, -0.15) is 4.98 Å². The summed E-state index contributed by atoms with van der Waals surface area (Å²) in [6, 6.07) is 17.0. The number of piperidine rings is 1. The van der Waals surface area contributed by atoms with Crippen LogP contribution in [0.15, 0.2) is 60.8 Å². The smallest absolute Gasteiger partial charge is 0.314 e. The molecule has 3 heterocycles. The average molecular weight is 501 g/mol. The maximum atomic E-state index is 13.9. The number of hydrogen-bond acceptors (Lipinski definition) is 6. The van der Waals surface area contributed by atoms with Crippen molar-refractivity contribution in [3.63, 3.8) is 0 Å². The van der Waals surface area contributed by atoms with Gasteiger partial charge in [0, 0.05) is 37.8 Å². The van der Waals surface area contributed by atoms with Crippen LogP contribution in [0.25, 0.3) is 0 Å². The molecule has 1 saturated heterocycles. The lowest BCUT2D eigenvalue weighted by atomic mass is 9.96. The molecule has 9 nitrogen and oxygen atoms in total. The molecule has 3 amide bonds. The van der Waals surface area contributed by atoms with Gasteiger partial charge in [0.1, 0.15) is 11.6 Å². The fraction of sp³-hybridized carbons (Fsp3) is 0.357. The Morgan fingerprint density at radius 1 is 1.16 bits per heavy atom. The molecule has 2 aliphatic heterocycles. The first-order valence-corrected chi connectivity index (χ1v) is 12.7. The highest BCUT2D eigenvalue weighted by molar-refractivity contribution is 6.06. The minimum absolute atomic E-state index is 0.00422. The van der Waals surface area contributed by atoms with Gasteiger partial charge in [0.25, 0.3) is 5.91 Å². The molecule has 37 heavy (non-hydrogen) atoms. The Bertz CT molecular complexity index is 1260. The highest BCUT2D eigenvalue weighted by Crippen LogP contribution is 2.29. The van der Waals surface area contributed by atoms with Crippen molar-refractivity contribution in [2.75, 3.05) is 36.5 Å². The van der Waals surface area contributed by atoms with Crippen LogP contribution in [0.2, 0.25) is 0 Å². The molecule has 2 aliphatic rings. The van der Waals surface area contributed by atoms with E-state index in [-0.39, 0.29) is 17.9 Å². The lowest BCUT2D eigenvalue weighted by Crippen LogP contribution is -2.45. The van der Waals surface area contributed by atoms with E-state index < -0.39 is 6.03 Å². The van der Waals surface area contributed by atoms with E-state index in [4.69, 9.17) is 15.5 Å². The van der Waals surface area contributed by atoms with Gasteiger partial charge >= 0.3 is 6.03 Å². The summed E-state index contributed by atoms with van der Waals surface area (Å²) in [4.78, 5) is 38.0. The number of aromatic nitrogens is 2. The third-order valence-electron chi connectivity index (χ3n) is 7.11. The Morgan fingerprint density at radius 2 is 1.95 bits per heavy atom. The molecule has 192 valence electrons. The van der Waals surface area contributed by atoms with Crippen LogP contribution in [0.3, 0.4) is 0 Å². The van der Waals surface area contributed by atoms with Crippen molar-refractivity contribution in [3.8, 4) is 5.75 Å². The summed E-state index contributed by atoms with van der Waals surface area (Å²) in [5.41, 5.74) is 8.22. The molecular weight excluding hydrogens is 468 g/mol. The van der Waals surface area contributed by atoms with E-state index in [1.165, 1.54) is 0 Å². The molecular formula is C28H32N6O3. The summed E-state index contributed by atoms with van der Waals surface area (Å²) >= 11 is 0. The highest BCUT2D eigenvalue weighted by atomic mass is 16.5. The third kappa shape index (κ3) is 5.66. The number of nitrogens with two attached hydrogens (primary N) is 1. The summed E-state index contributed by atoms with van der Waals surface area (Å²) in [6.07, 6.45) is 4.01. The number of urea groups is 1. The number of benzene rings is 2. The van der Waals surface area contributed by atoms with E-state index in [9.17, 15) is 9.59 Å². The third-order valence-corrected chi connectivity index (χ3v) is 7.11. The van der Waals surface area contributed by atoms with Crippen LogP contribution in [0.1, 0.15) is 47.3 Å². The van der Waals surface area contributed by atoms with Gasteiger partial charge in [-0.3, -0.25) is 9.69 Å². The number of hydrogen-bond donors (Lipinski definition) is 2. The van der Waals surface area contributed by atoms with Gasteiger partial charge in [0.05, 0.1) is 12.6 Å². The van der Waals surface area contributed by atoms with Gasteiger partial charge < -0.3 is 20.7 Å². The molecule has 1 aromatic heterocycles. The molecule has 3 aromatic rings. The van der Waals surface area contributed by atoms with Crippen molar-refractivity contribution in [3.05, 3.63) is 77.5 Å². The van der Waals surface area contributed by atoms with Crippen LogP contribution in [-0.2, 0) is 6.42 Å². The number of amides is 3.